The van der Waals surface area contributed by atoms with Gasteiger partial charge in [-0.05, 0) is 66.4 Å². The molecule has 1 aliphatic rings. The van der Waals surface area contributed by atoms with Gasteiger partial charge in [0.2, 0.25) is 0 Å². The zero-order chi connectivity index (χ0) is 18.1. The molecule has 0 radical (unpaired) electrons. The minimum atomic E-state index is -0.324. The van der Waals surface area contributed by atoms with Crippen molar-refractivity contribution in [1.29, 1.82) is 0 Å². The van der Waals surface area contributed by atoms with Crippen molar-refractivity contribution in [2.45, 2.75) is 18.9 Å². The van der Waals surface area contributed by atoms with Crippen LogP contribution >= 0.6 is 0 Å². The van der Waals surface area contributed by atoms with Gasteiger partial charge in [-0.1, -0.05) is 36.4 Å². The molecule has 3 heteroatoms. The number of anilines is 1. The molecule has 0 fully saturated rings. The first-order valence-corrected chi connectivity index (χ1v) is 8.92. The van der Waals surface area contributed by atoms with Gasteiger partial charge in [0.15, 0.2) is 0 Å². The normalized spacial score (nSPS) is 19.1. The lowest BCUT2D eigenvalue weighted by molar-refractivity contribution is 0.411. The van der Waals surface area contributed by atoms with Crippen molar-refractivity contribution in [3.63, 3.8) is 0 Å². The lowest BCUT2D eigenvalue weighted by Crippen LogP contribution is -2.49. The molecule has 1 heterocycles. The van der Waals surface area contributed by atoms with Crippen molar-refractivity contribution in [1.82, 2.24) is 0 Å². The fourth-order valence-electron chi connectivity index (χ4n) is 4.07. The second-order valence-electron chi connectivity index (χ2n) is 6.88. The van der Waals surface area contributed by atoms with E-state index in [1.54, 1.807) is 19.2 Å². The molecular weight excluding hydrogens is 322 g/mol. The molecule has 26 heavy (non-hydrogen) atoms. The SMILES string of the molecule is COc1ccc2c(c1)CCN(c1ccccc1)C2(C)c1ccc(O)cc1. The molecular formula is C23H23NO2. The summed E-state index contributed by atoms with van der Waals surface area (Å²) >= 11 is 0. The number of methoxy groups -OCH3 is 1. The fourth-order valence-corrected chi connectivity index (χ4v) is 4.07. The number of aromatic hydroxyl groups is 1. The van der Waals surface area contributed by atoms with Gasteiger partial charge in [-0.25, -0.2) is 0 Å². The van der Waals surface area contributed by atoms with E-state index in [1.165, 1.54) is 16.8 Å². The highest BCUT2D eigenvalue weighted by Gasteiger charge is 2.40. The van der Waals surface area contributed by atoms with Gasteiger partial charge >= 0.3 is 0 Å². The van der Waals surface area contributed by atoms with Crippen LogP contribution in [0.25, 0.3) is 0 Å². The Labute approximate surface area is 154 Å². The van der Waals surface area contributed by atoms with Crippen LogP contribution in [0.15, 0.2) is 72.8 Å². The Balaban J connectivity index is 1.92. The molecule has 0 spiro atoms. The molecule has 132 valence electrons. The average Bonchev–Trinajstić information content (AvgIpc) is 2.69. The van der Waals surface area contributed by atoms with E-state index in [0.29, 0.717) is 0 Å². The minimum Gasteiger partial charge on any atom is -0.508 e. The number of phenolic OH excluding ortho intramolecular Hbond substituents is 1. The van der Waals surface area contributed by atoms with Crippen molar-refractivity contribution < 1.29 is 9.84 Å². The highest BCUT2D eigenvalue weighted by atomic mass is 16.5. The van der Waals surface area contributed by atoms with E-state index in [9.17, 15) is 5.11 Å². The Morgan fingerprint density at radius 3 is 2.38 bits per heavy atom. The predicted octanol–water partition coefficient (Wildman–Crippen LogP) is 4.73. The van der Waals surface area contributed by atoms with Crippen LogP contribution in [-0.4, -0.2) is 18.8 Å². The van der Waals surface area contributed by atoms with Gasteiger partial charge in [-0.3, -0.25) is 0 Å². The fraction of sp³-hybridized carbons (Fsp3) is 0.217. The number of phenols is 1. The van der Waals surface area contributed by atoms with Crippen LogP contribution in [0.2, 0.25) is 0 Å². The second kappa shape index (κ2) is 6.41. The van der Waals surface area contributed by atoms with E-state index < -0.39 is 0 Å². The van der Waals surface area contributed by atoms with Crippen LogP contribution in [0.5, 0.6) is 11.5 Å². The molecule has 0 aromatic heterocycles. The first-order chi connectivity index (χ1) is 12.6. The summed E-state index contributed by atoms with van der Waals surface area (Å²) < 4.78 is 5.43. The lowest BCUT2D eigenvalue weighted by atomic mass is 9.76. The summed E-state index contributed by atoms with van der Waals surface area (Å²) in [6.07, 6.45) is 0.967. The van der Waals surface area contributed by atoms with E-state index in [2.05, 4.69) is 48.2 Å². The number of hydrogen-bond donors (Lipinski definition) is 1. The van der Waals surface area contributed by atoms with Crippen LogP contribution in [0.1, 0.15) is 23.6 Å². The molecule has 0 amide bonds. The standard InChI is InChI=1S/C23H23NO2/c1-23(18-8-10-20(25)11-9-18)22-13-12-21(26-2)16-17(22)14-15-24(23)19-6-4-3-5-7-19/h3-13,16,25H,14-15H2,1-2H3. The van der Waals surface area contributed by atoms with Crippen molar-refractivity contribution in [3.8, 4) is 11.5 Å². The summed E-state index contributed by atoms with van der Waals surface area (Å²) in [6, 6.07) is 24.5. The monoisotopic (exact) mass is 345 g/mol. The maximum atomic E-state index is 9.76. The van der Waals surface area contributed by atoms with E-state index >= 15 is 0 Å². The number of ether oxygens (including phenoxy) is 1. The number of benzene rings is 3. The van der Waals surface area contributed by atoms with Crippen LogP contribution in [0, 0.1) is 0 Å². The van der Waals surface area contributed by atoms with Gasteiger partial charge in [0.05, 0.1) is 12.6 Å². The van der Waals surface area contributed by atoms with Crippen molar-refractivity contribution >= 4 is 5.69 Å². The second-order valence-corrected chi connectivity index (χ2v) is 6.88. The van der Waals surface area contributed by atoms with Crippen LogP contribution in [-0.2, 0) is 12.0 Å². The van der Waals surface area contributed by atoms with Gasteiger partial charge in [0.1, 0.15) is 11.5 Å². The summed E-state index contributed by atoms with van der Waals surface area (Å²) in [5.74, 6) is 1.18. The molecule has 1 aliphatic heterocycles. The number of hydrogen-bond acceptors (Lipinski definition) is 3. The molecule has 3 aromatic rings. The maximum Gasteiger partial charge on any atom is 0.119 e. The molecule has 0 aliphatic carbocycles. The molecule has 0 bridgehead atoms. The van der Waals surface area contributed by atoms with E-state index in [1.807, 2.05) is 24.3 Å². The van der Waals surface area contributed by atoms with Crippen molar-refractivity contribution in [2.75, 3.05) is 18.6 Å². The zero-order valence-electron chi connectivity index (χ0n) is 15.1. The Kier molecular flexibility index (Phi) is 4.08. The van der Waals surface area contributed by atoms with E-state index in [-0.39, 0.29) is 11.3 Å². The topological polar surface area (TPSA) is 32.7 Å². The van der Waals surface area contributed by atoms with Crippen molar-refractivity contribution in [3.05, 3.63) is 89.5 Å². The Morgan fingerprint density at radius 1 is 0.962 bits per heavy atom. The number of rotatable bonds is 3. The molecule has 0 saturated carbocycles. The maximum absolute atomic E-state index is 9.76. The van der Waals surface area contributed by atoms with Gasteiger partial charge in [-0.2, -0.15) is 0 Å². The third kappa shape index (κ3) is 2.60. The van der Waals surface area contributed by atoms with Gasteiger partial charge in [-0.15, -0.1) is 0 Å². The molecule has 1 N–H and O–H groups in total. The summed E-state index contributed by atoms with van der Waals surface area (Å²) in [5.41, 5.74) is 4.62. The quantitative estimate of drug-likeness (QED) is 0.745. The van der Waals surface area contributed by atoms with Gasteiger partial charge in [0, 0.05) is 12.2 Å². The van der Waals surface area contributed by atoms with Crippen LogP contribution in [0.3, 0.4) is 0 Å². The Hall–Kier alpha value is -2.94. The van der Waals surface area contributed by atoms with E-state index in [4.69, 9.17) is 4.74 Å². The molecule has 0 saturated heterocycles. The Bertz CT molecular complexity index is 905. The van der Waals surface area contributed by atoms with Crippen molar-refractivity contribution in [2.24, 2.45) is 0 Å². The van der Waals surface area contributed by atoms with Gasteiger partial charge in [0.25, 0.3) is 0 Å². The number of para-hydroxylation sites is 1. The molecule has 4 rings (SSSR count). The third-order valence-corrected chi connectivity index (χ3v) is 5.48. The largest absolute Gasteiger partial charge is 0.508 e. The zero-order valence-corrected chi connectivity index (χ0v) is 15.1. The molecule has 3 aromatic carbocycles. The Morgan fingerprint density at radius 2 is 1.69 bits per heavy atom. The molecule has 1 unspecified atom stereocenters. The van der Waals surface area contributed by atoms with Crippen LogP contribution in [0.4, 0.5) is 5.69 Å². The summed E-state index contributed by atoms with van der Waals surface area (Å²) in [5, 5.41) is 9.76. The summed E-state index contributed by atoms with van der Waals surface area (Å²) in [7, 11) is 1.71. The summed E-state index contributed by atoms with van der Waals surface area (Å²) in [6.45, 7) is 3.18. The average molecular weight is 345 g/mol. The van der Waals surface area contributed by atoms with Gasteiger partial charge < -0.3 is 14.7 Å². The number of fused-ring (bicyclic) bond motifs is 1. The summed E-state index contributed by atoms with van der Waals surface area (Å²) in [4.78, 5) is 2.45. The highest BCUT2D eigenvalue weighted by molar-refractivity contribution is 5.60. The highest BCUT2D eigenvalue weighted by Crippen LogP contribution is 2.44. The first kappa shape index (κ1) is 16.5. The van der Waals surface area contributed by atoms with E-state index in [0.717, 1.165) is 24.3 Å². The lowest BCUT2D eigenvalue weighted by Gasteiger charge is -2.48. The minimum absolute atomic E-state index is 0.286. The van der Waals surface area contributed by atoms with Crippen LogP contribution < -0.4 is 9.64 Å². The third-order valence-electron chi connectivity index (χ3n) is 5.48. The smallest absolute Gasteiger partial charge is 0.119 e. The first-order valence-electron chi connectivity index (χ1n) is 8.92. The predicted molar refractivity (Wildman–Crippen MR) is 105 cm³/mol. The molecule has 3 nitrogen and oxygen atoms in total. The number of nitrogens with zero attached hydrogens (tertiary/aromatic N) is 1. The molecule has 1 atom stereocenters.